The average molecular weight is 304 g/mol. The van der Waals surface area contributed by atoms with Gasteiger partial charge in [0, 0.05) is 24.6 Å². The van der Waals surface area contributed by atoms with Crippen molar-refractivity contribution in [1.29, 1.82) is 0 Å². The second-order valence-electron chi connectivity index (χ2n) is 6.12. The Labute approximate surface area is 131 Å². The molecule has 0 radical (unpaired) electrons. The zero-order valence-electron chi connectivity index (χ0n) is 13.2. The Balaban J connectivity index is 2.17. The Morgan fingerprint density at radius 1 is 1.14 bits per heavy atom. The van der Waals surface area contributed by atoms with E-state index in [9.17, 15) is 0 Å². The van der Waals surface area contributed by atoms with Crippen molar-refractivity contribution >= 4 is 23.0 Å². The maximum Gasteiger partial charge on any atom is 0.138 e. The minimum Gasteiger partial charge on any atom is -0.370 e. The van der Waals surface area contributed by atoms with Crippen LogP contribution in [0.5, 0.6) is 0 Å². The SMILES string of the molecule is CCCNc1cc(NCc2ccsc2)nc(C(C)(C)C)n1. The van der Waals surface area contributed by atoms with Crippen molar-refractivity contribution in [3.8, 4) is 0 Å². The lowest BCUT2D eigenvalue weighted by molar-refractivity contribution is 0.546. The highest BCUT2D eigenvalue weighted by molar-refractivity contribution is 7.07. The fraction of sp³-hybridized carbons (Fsp3) is 0.500. The highest BCUT2D eigenvalue weighted by atomic mass is 32.1. The summed E-state index contributed by atoms with van der Waals surface area (Å²) < 4.78 is 0. The molecule has 2 N–H and O–H groups in total. The second-order valence-corrected chi connectivity index (χ2v) is 6.90. The van der Waals surface area contributed by atoms with Crippen LogP contribution in [0.2, 0.25) is 0 Å². The van der Waals surface area contributed by atoms with E-state index in [1.54, 1.807) is 11.3 Å². The van der Waals surface area contributed by atoms with Crippen molar-refractivity contribution < 1.29 is 0 Å². The Bertz CT molecular complexity index is 558. The molecule has 0 saturated heterocycles. The quantitative estimate of drug-likeness (QED) is 0.837. The summed E-state index contributed by atoms with van der Waals surface area (Å²) in [5.41, 5.74) is 1.21. The number of thiophene rings is 1. The third-order valence-electron chi connectivity index (χ3n) is 3.01. The summed E-state index contributed by atoms with van der Waals surface area (Å²) >= 11 is 1.71. The number of aromatic nitrogens is 2. The first-order valence-electron chi connectivity index (χ1n) is 7.37. The van der Waals surface area contributed by atoms with Crippen LogP contribution in [0.4, 0.5) is 11.6 Å². The van der Waals surface area contributed by atoms with E-state index >= 15 is 0 Å². The molecule has 4 nitrogen and oxygen atoms in total. The summed E-state index contributed by atoms with van der Waals surface area (Å²) in [5.74, 6) is 2.63. The molecule has 0 unspecified atom stereocenters. The fourth-order valence-electron chi connectivity index (χ4n) is 1.80. The highest BCUT2D eigenvalue weighted by Crippen LogP contribution is 2.22. The maximum absolute atomic E-state index is 4.65. The van der Waals surface area contributed by atoms with E-state index in [0.717, 1.165) is 37.0 Å². The molecule has 5 heteroatoms. The Morgan fingerprint density at radius 3 is 2.43 bits per heavy atom. The minimum atomic E-state index is -0.0668. The van der Waals surface area contributed by atoms with Gasteiger partial charge in [0.2, 0.25) is 0 Å². The number of hydrogen-bond acceptors (Lipinski definition) is 5. The average Bonchev–Trinajstić information content (AvgIpc) is 2.95. The van der Waals surface area contributed by atoms with Gasteiger partial charge in [0.25, 0.3) is 0 Å². The molecular formula is C16H24N4S. The van der Waals surface area contributed by atoms with Crippen LogP contribution in [0.15, 0.2) is 22.9 Å². The number of anilines is 2. The minimum absolute atomic E-state index is 0.0668. The van der Waals surface area contributed by atoms with Gasteiger partial charge in [-0.2, -0.15) is 11.3 Å². The molecule has 2 heterocycles. The summed E-state index contributed by atoms with van der Waals surface area (Å²) in [6, 6.07) is 4.11. The van der Waals surface area contributed by atoms with E-state index in [2.05, 4.69) is 65.1 Å². The molecular weight excluding hydrogens is 280 g/mol. The van der Waals surface area contributed by atoms with Crippen molar-refractivity contribution in [2.24, 2.45) is 0 Å². The number of rotatable bonds is 6. The monoisotopic (exact) mass is 304 g/mol. The lowest BCUT2D eigenvalue weighted by Gasteiger charge is -2.19. The van der Waals surface area contributed by atoms with Crippen LogP contribution >= 0.6 is 11.3 Å². The van der Waals surface area contributed by atoms with Crippen LogP contribution < -0.4 is 10.6 Å². The van der Waals surface area contributed by atoms with Crippen LogP contribution in [0.3, 0.4) is 0 Å². The van der Waals surface area contributed by atoms with Gasteiger partial charge >= 0.3 is 0 Å². The second kappa shape index (κ2) is 6.89. The first kappa shape index (κ1) is 15.8. The molecule has 2 rings (SSSR count). The molecule has 0 aliphatic heterocycles. The van der Waals surface area contributed by atoms with Crippen LogP contribution in [0.1, 0.15) is 45.5 Å². The van der Waals surface area contributed by atoms with Crippen molar-refractivity contribution in [2.75, 3.05) is 17.2 Å². The van der Waals surface area contributed by atoms with Gasteiger partial charge in [-0.05, 0) is 28.8 Å². The molecule has 2 aromatic heterocycles. The van der Waals surface area contributed by atoms with E-state index in [-0.39, 0.29) is 5.41 Å². The van der Waals surface area contributed by atoms with E-state index in [1.165, 1.54) is 5.56 Å². The van der Waals surface area contributed by atoms with E-state index in [1.807, 2.05) is 6.07 Å². The lowest BCUT2D eigenvalue weighted by Crippen LogP contribution is -2.18. The summed E-state index contributed by atoms with van der Waals surface area (Å²) in [4.78, 5) is 9.28. The normalized spacial score (nSPS) is 11.4. The maximum atomic E-state index is 4.65. The van der Waals surface area contributed by atoms with Crippen molar-refractivity contribution in [1.82, 2.24) is 9.97 Å². The van der Waals surface area contributed by atoms with Crippen LogP contribution in [-0.2, 0) is 12.0 Å². The molecule has 0 saturated carbocycles. The topological polar surface area (TPSA) is 49.8 Å². The standard InChI is InChI=1S/C16H24N4S/c1-5-7-17-13-9-14(18-10-12-6-8-21-11-12)20-15(19-13)16(2,3)4/h6,8-9,11H,5,7,10H2,1-4H3,(H2,17,18,19,20). The van der Waals surface area contributed by atoms with E-state index in [0.29, 0.717) is 0 Å². The summed E-state index contributed by atoms with van der Waals surface area (Å²) in [6.45, 7) is 10.3. The van der Waals surface area contributed by atoms with Crippen LogP contribution in [-0.4, -0.2) is 16.5 Å². The van der Waals surface area contributed by atoms with Crippen molar-refractivity contribution in [2.45, 2.75) is 46.1 Å². The largest absolute Gasteiger partial charge is 0.370 e. The highest BCUT2D eigenvalue weighted by Gasteiger charge is 2.19. The molecule has 2 aromatic rings. The van der Waals surface area contributed by atoms with Crippen LogP contribution in [0, 0.1) is 0 Å². The third kappa shape index (κ3) is 4.70. The number of nitrogens with one attached hydrogen (secondary N) is 2. The van der Waals surface area contributed by atoms with Gasteiger partial charge < -0.3 is 10.6 Å². The Hall–Kier alpha value is -1.62. The summed E-state index contributed by atoms with van der Waals surface area (Å²) in [5, 5.41) is 11.0. The van der Waals surface area contributed by atoms with Gasteiger partial charge in [-0.3, -0.25) is 0 Å². The molecule has 0 aliphatic carbocycles. The van der Waals surface area contributed by atoms with Gasteiger partial charge in [0.15, 0.2) is 0 Å². The lowest BCUT2D eigenvalue weighted by atomic mass is 9.96. The molecule has 21 heavy (non-hydrogen) atoms. The van der Waals surface area contributed by atoms with Gasteiger partial charge in [0.1, 0.15) is 17.5 Å². The molecule has 0 amide bonds. The molecule has 0 aliphatic rings. The van der Waals surface area contributed by atoms with Crippen LogP contribution in [0.25, 0.3) is 0 Å². The number of hydrogen-bond donors (Lipinski definition) is 2. The zero-order chi connectivity index (χ0) is 15.3. The number of nitrogens with zero attached hydrogens (tertiary/aromatic N) is 2. The molecule has 0 spiro atoms. The molecule has 0 fully saturated rings. The van der Waals surface area contributed by atoms with Gasteiger partial charge in [-0.1, -0.05) is 27.7 Å². The van der Waals surface area contributed by atoms with E-state index in [4.69, 9.17) is 0 Å². The van der Waals surface area contributed by atoms with Crippen molar-refractivity contribution in [3.05, 3.63) is 34.3 Å². The molecule has 0 aromatic carbocycles. The van der Waals surface area contributed by atoms with Gasteiger partial charge in [0.05, 0.1) is 0 Å². The third-order valence-corrected chi connectivity index (χ3v) is 3.74. The fourth-order valence-corrected chi connectivity index (χ4v) is 2.47. The molecule has 114 valence electrons. The zero-order valence-corrected chi connectivity index (χ0v) is 14.0. The Morgan fingerprint density at radius 2 is 1.86 bits per heavy atom. The molecule has 0 bridgehead atoms. The summed E-state index contributed by atoms with van der Waals surface area (Å²) in [7, 11) is 0. The van der Waals surface area contributed by atoms with E-state index < -0.39 is 0 Å². The smallest absolute Gasteiger partial charge is 0.138 e. The predicted molar refractivity (Wildman–Crippen MR) is 91.2 cm³/mol. The van der Waals surface area contributed by atoms with Gasteiger partial charge in [-0.15, -0.1) is 0 Å². The van der Waals surface area contributed by atoms with Crippen molar-refractivity contribution in [3.63, 3.8) is 0 Å². The Kier molecular flexibility index (Phi) is 5.17. The summed E-state index contributed by atoms with van der Waals surface area (Å²) in [6.07, 6.45) is 1.08. The first-order chi connectivity index (χ1) is 9.99. The first-order valence-corrected chi connectivity index (χ1v) is 8.31. The predicted octanol–water partition coefficient (Wildman–Crippen LogP) is 4.27. The van der Waals surface area contributed by atoms with Gasteiger partial charge in [-0.25, -0.2) is 9.97 Å². The molecule has 0 atom stereocenters.